The molecule has 11 aromatic rings. The second kappa shape index (κ2) is 22.0. The third-order valence-corrected chi connectivity index (χ3v) is 14.5. The third-order valence-electron chi connectivity index (χ3n) is 14.5. The van der Waals surface area contributed by atoms with Crippen LogP contribution in [0.4, 0.5) is 11.4 Å². The lowest BCUT2D eigenvalue weighted by molar-refractivity contribution is -0.140. The average Bonchev–Trinajstić information content (AvgIpc) is 3.25. The first kappa shape index (κ1) is 51.6. The van der Waals surface area contributed by atoms with Crippen LogP contribution in [0, 0.1) is 0 Å². The summed E-state index contributed by atoms with van der Waals surface area (Å²) >= 11 is 0. The highest BCUT2D eigenvalue weighted by Crippen LogP contribution is 2.46. The number of aliphatic carboxylic acids is 2. The van der Waals surface area contributed by atoms with Crippen LogP contribution in [0.2, 0.25) is 0 Å². The fraction of sp³-hybridized carbons (Fsp3) is 0.0294. The molecule has 0 saturated heterocycles. The van der Waals surface area contributed by atoms with E-state index in [1.54, 1.807) is 48.8 Å². The molecule has 84 heavy (non-hydrogen) atoms. The molecule has 0 atom stereocenters. The molecule has 0 saturated carbocycles. The molecule has 0 aliphatic carbocycles. The minimum absolute atomic E-state index is 0.293. The number of aromatic nitrogens is 6. The van der Waals surface area contributed by atoms with Crippen LogP contribution in [0.1, 0.15) is 43.5 Å². The number of carbonyl (C=O) groups excluding carboxylic acids is 2. The number of carboxylic acids is 2. The molecule has 16 heteroatoms. The molecule has 6 N–H and O–H groups in total. The van der Waals surface area contributed by atoms with Crippen molar-refractivity contribution in [2.45, 2.75) is 0 Å². The van der Waals surface area contributed by atoms with Crippen LogP contribution in [0.3, 0.4) is 0 Å². The largest absolute Gasteiger partial charge is 0.481 e. The normalized spacial score (nSPS) is 11.6. The molecule has 0 radical (unpaired) electrons. The van der Waals surface area contributed by atoms with Gasteiger partial charge in [0.1, 0.15) is 11.5 Å². The number of hydrogen-bond donors (Lipinski definition) is 6. The van der Waals surface area contributed by atoms with Gasteiger partial charge in [0.15, 0.2) is 13.2 Å². The van der Waals surface area contributed by atoms with E-state index in [-0.39, 0.29) is 11.8 Å². The van der Waals surface area contributed by atoms with Gasteiger partial charge in [-0.15, -0.1) is 0 Å². The minimum Gasteiger partial charge on any atom is -0.481 e. The lowest BCUT2D eigenvalue weighted by atomic mass is 9.95. The Morgan fingerprint density at radius 1 is 0.405 bits per heavy atom. The summed E-state index contributed by atoms with van der Waals surface area (Å²) in [7, 11) is 0. The van der Waals surface area contributed by atoms with E-state index >= 15 is 0 Å². The summed E-state index contributed by atoms with van der Waals surface area (Å²) in [6, 6.07) is 52.1. The van der Waals surface area contributed by atoms with Gasteiger partial charge in [-0.3, -0.25) is 19.6 Å². The van der Waals surface area contributed by atoms with Gasteiger partial charge in [-0.05, 0) is 119 Å². The zero-order chi connectivity index (χ0) is 57.3. The molecular formula is C68H46N8O8. The van der Waals surface area contributed by atoms with Crippen molar-refractivity contribution in [3.05, 3.63) is 229 Å². The van der Waals surface area contributed by atoms with Crippen LogP contribution in [0.5, 0.6) is 11.5 Å². The smallest absolute Gasteiger partial charge is 0.341 e. The fourth-order valence-electron chi connectivity index (χ4n) is 10.8. The van der Waals surface area contributed by atoms with E-state index in [4.69, 9.17) is 19.4 Å². The van der Waals surface area contributed by atoms with E-state index in [9.17, 15) is 29.4 Å². The van der Waals surface area contributed by atoms with Crippen LogP contribution in [-0.4, -0.2) is 77.1 Å². The number of carboxylic acid groups (broad SMARTS) is 2. The van der Waals surface area contributed by atoms with Gasteiger partial charge >= 0.3 is 11.9 Å². The molecule has 0 fully saturated rings. The highest BCUT2D eigenvalue weighted by molar-refractivity contribution is 6.12. The molecule has 8 bridgehead atoms. The van der Waals surface area contributed by atoms with Gasteiger partial charge in [0.05, 0.1) is 33.9 Å². The van der Waals surface area contributed by atoms with Crippen LogP contribution >= 0.6 is 0 Å². The van der Waals surface area contributed by atoms with E-state index in [2.05, 4.69) is 30.6 Å². The van der Waals surface area contributed by atoms with Crippen molar-refractivity contribution in [3.8, 4) is 56.0 Å². The Kier molecular flexibility index (Phi) is 13.6. The number of hydrogen-bond acceptors (Lipinski definition) is 10. The fourth-order valence-corrected chi connectivity index (χ4v) is 10.8. The van der Waals surface area contributed by atoms with E-state index in [0.29, 0.717) is 123 Å². The summed E-state index contributed by atoms with van der Waals surface area (Å²) in [5.41, 5.74) is 10.5. The number of amides is 2. The number of rotatable bonds is 14. The molecule has 16 nitrogen and oxygen atoms in total. The van der Waals surface area contributed by atoms with Gasteiger partial charge < -0.3 is 40.3 Å². The molecule has 2 aliphatic rings. The highest BCUT2D eigenvalue weighted by atomic mass is 16.5. The second-order valence-corrected chi connectivity index (χ2v) is 19.7. The molecule has 7 heterocycles. The minimum atomic E-state index is -1.16. The van der Waals surface area contributed by atoms with Crippen molar-refractivity contribution >= 4 is 103 Å². The van der Waals surface area contributed by atoms with Gasteiger partial charge in [0.2, 0.25) is 0 Å². The number of fused-ring (bicyclic) bond motifs is 10. The van der Waals surface area contributed by atoms with Crippen molar-refractivity contribution in [1.29, 1.82) is 0 Å². The molecule has 2 amide bonds. The summed E-state index contributed by atoms with van der Waals surface area (Å²) in [5.74, 6) is -2.51. The van der Waals surface area contributed by atoms with E-state index in [0.717, 1.165) is 21.5 Å². The third kappa shape index (κ3) is 9.91. The monoisotopic (exact) mass is 1100 g/mol. The van der Waals surface area contributed by atoms with Gasteiger partial charge in [0, 0.05) is 103 Å². The number of benzene rings is 6. The lowest BCUT2D eigenvalue weighted by Crippen LogP contribution is -2.12. The van der Waals surface area contributed by atoms with Crippen molar-refractivity contribution in [2.75, 3.05) is 23.8 Å². The zero-order valence-corrected chi connectivity index (χ0v) is 44.3. The van der Waals surface area contributed by atoms with Gasteiger partial charge in [-0.1, -0.05) is 97.1 Å². The number of anilines is 2. The van der Waals surface area contributed by atoms with Crippen molar-refractivity contribution in [1.82, 2.24) is 29.9 Å². The molecule has 5 aromatic heterocycles. The highest BCUT2D eigenvalue weighted by Gasteiger charge is 2.26. The molecule has 0 spiro atoms. The number of aromatic amines is 2. The zero-order valence-electron chi connectivity index (χ0n) is 44.3. The Morgan fingerprint density at radius 3 is 1.19 bits per heavy atom. The summed E-state index contributed by atoms with van der Waals surface area (Å²) in [5, 5.41) is 29.5. The standard InChI is InChI=1S/C68H46N8O8/c77-59(78)37-83-57-31-21-39-11-1-3-15-43(39)63(57)65-53-27-23-49(71-53)61(45-17-5-7-19-47(45)75-67(81)41-13-9-33-69-35-41)51-25-29-55(73-51)66(64-44-16-4-2-12-40(44)22-32-58(64)84-38-60(79)80)56-30-26-52(74-56)62(50-24-28-54(65)72-50)46-18-6-8-20-48(46)76-68(82)42-14-10-34-70-36-42/h1-36,71,74H,37-38H2,(H,75,81)(H,76,82)(H,77,78)(H,79,80). The number of carbonyl (C=O) groups is 4. The summed E-state index contributed by atoms with van der Waals surface area (Å²) in [4.78, 5) is 79.5. The second-order valence-electron chi connectivity index (χ2n) is 19.7. The summed E-state index contributed by atoms with van der Waals surface area (Å²) in [6.45, 7) is -1.25. The number of nitrogens with zero attached hydrogens (tertiary/aromatic N) is 4. The molecular weight excluding hydrogens is 1060 g/mol. The molecule has 0 unspecified atom stereocenters. The van der Waals surface area contributed by atoms with Crippen LogP contribution in [0.15, 0.2) is 195 Å². The van der Waals surface area contributed by atoms with E-state index in [1.165, 1.54) is 12.4 Å². The molecule has 2 aliphatic heterocycles. The summed E-state index contributed by atoms with van der Waals surface area (Å²) in [6.07, 6.45) is 13.8. The van der Waals surface area contributed by atoms with Crippen LogP contribution in [0.25, 0.3) is 112 Å². The Balaban J connectivity index is 1.19. The Morgan fingerprint density at radius 2 is 0.786 bits per heavy atom. The Labute approximate surface area is 478 Å². The number of H-pyrrole nitrogens is 2. The maximum atomic E-state index is 14.0. The van der Waals surface area contributed by atoms with Crippen molar-refractivity contribution in [3.63, 3.8) is 0 Å². The maximum absolute atomic E-state index is 14.0. The van der Waals surface area contributed by atoms with Crippen LogP contribution in [-0.2, 0) is 9.59 Å². The Bertz CT molecular complexity index is 4440. The molecule has 6 aromatic carbocycles. The van der Waals surface area contributed by atoms with Crippen molar-refractivity contribution in [2.24, 2.45) is 0 Å². The van der Waals surface area contributed by atoms with Gasteiger partial charge in [-0.2, -0.15) is 0 Å². The number of nitrogens with one attached hydrogen (secondary N) is 4. The predicted octanol–water partition coefficient (Wildman–Crippen LogP) is 13.9. The number of ether oxygens (including phenoxy) is 2. The molecule has 13 rings (SSSR count). The first-order valence-corrected chi connectivity index (χ1v) is 26.6. The number of pyridine rings is 2. The quantitative estimate of drug-likeness (QED) is 0.0597. The van der Waals surface area contributed by atoms with Gasteiger partial charge in [-0.25, -0.2) is 19.6 Å². The SMILES string of the molecule is O=C(O)COc1ccc2ccccc2c1-c1c2nc(c(-c3ccccc3NC(=O)c3cccnc3)c3ccc([nH]3)c(-c3c(OCC(=O)O)ccc4ccccc34)c3nc(c(-c4ccccc4NC(=O)c4cccnc4)c4ccc1[nH]4)C=C3)C=C2. The lowest BCUT2D eigenvalue weighted by Gasteiger charge is -2.15. The molecule has 406 valence electrons. The summed E-state index contributed by atoms with van der Waals surface area (Å²) < 4.78 is 12.4. The van der Waals surface area contributed by atoms with Crippen molar-refractivity contribution < 1.29 is 38.9 Å². The first-order valence-electron chi connectivity index (χ1n) is 26.6. The first-order chi connectivity index (χ1) is 41.1. The topological polar surface area (TPSA) is 234 Å². The van der Waals surface area contributed by atoms with Crippen LogP contribution < -0.4 is 20.1 Å². The van der Waals surface area contributed by atoms with Gasteiger partial charge in [0.25, 0.3) is 11.8 Å². The maximum Gasteiger partial charge on any atom is 0.341 e. The van der Waals surface area contributed by atoms with E-state index in [1.807, 2.05) is 158 Å². The Hall–Kier alpha value is -11.8. The van der Waals surface area contributed by atoms with E-state index < -0.39 is 25.2 Å². The predicted molar refractivity (Wildman–Crippen MR) is 326 cm³/mol. The number of para-hydroxylation sites is 2. The average molecular weight is 1100 g/mol.